The number of hydrogen-bond acceptors (Lipinski definition) is 3. The molecule has 1 atom stereocenters. The van der Waals surface area contributed by atoms with Crippen LogP contribution in [0.3, 0.4) is 0 Å². The number of halogens is 1. The van der Waals surface area contributed by atoms with E-state index >= 15 is 0 Å². The van der Waals surface area contributed by atoms with Crippen molar-refractivity contribution in [3.05, 3.63) is 82.7 Å². The van der Waals surface area contributed by atoms with Gasteiger partial charge in [-0.15, -0.1) is 6.42 Å². The molecule has 1 aromatic heterocycles. The van der Waals surface area contributed by atoms with E-state index in [4.69, 9.17) is 11.4 Å². The third-order valence-corrected chi connectivity index (χ3v) is 5.93. The van der Waals surface area contributed by atoms with Gasteiger partial charge in [0.2, 0.25) is 0 Å². The maximum atomic E-state index is 14.8. The predicted molar refractivity (Wildman–Crippen MR) is 117 cm³/mol. The van der Waals surface area contributed by atoms with E-state index < -0.39 is 6.04 Å². The molecule has 2 aliphatic rings. The zero-order valence-corrected chi connectivity index (χ0v) is 17.2. The van der Waals surface area contributed by atoms with Gasteiger partial charge in [0, 0.05) is 29.8 Å². The Morgan fingerprint density at radius 2 is 1.94 bits per heavy atom. The summed E-state index contributed by atoms with van der Waals surface area (Å²) < 4.78 is 16.7. The Morgan fingerprint density at radius 1 is 1.16 bits per heavy atom. The molecule has 5 nitrogen and oxygen atoms in total. The molecule has 2 aromatic carbocycles. The Kier molecular flexibility index (Phi) is 4.67. The number of hydrogen-bond donors (Lipinski definition) is 0. The first kappa shape index (κ1) is 19.3. The van der Waals surface area contributed by atoms with Crippen molar-refractivity contribution in [2.24, 2.45) is 4.99 Å². The second-order valence-corrected chi connectivity index (χ2v) is 7.86. The lowest BCUT2D eigenvalue weighted by atomic mass is 9.98. The lowest BCUT2D eigenvalue weighted by Crippen LogP contribution is -2.29. The van der Waals surface area contributed by atoms with Crippen molar-refractivity contribution < 1.29 is 9.18 Å². The fraction of sp³-hybridized carbons (Fsp3) is 0.240. The van der Waals surface area contributed by atoms with Crippen LogP contribution in [-0.4, -0.2) is 39.2 Å². The van der Waals surface area contributed by atoms with E-state index in [1.54, 1.807) is 24.5 Å². The van der Waals surface area contributed by atoms with Gasteiger partial charge in [-0.25, -0.2) is 9.37 Å². The van der Waals surface area contributed by atoms with Crippen LogP contribution in [0.5, 0.6) is 0 Å². The standard InChI is InChI=1S/C25H21FN4O/c1-3-17-10-11-21-19(14-17)22(18-8-4-5-9-20(18)26)28-16(2)24-23(27-15-30(21)24)25(31)29-12-6-7-13-29/h1,4-5,8-11,14-16H,6-7,12-13H2,2H3. The summed E-state index contributed by atoms with van der Waals surface area (Å²) >= 11 is 0. The van der Waals surface area contributed by atoms with Crippen molar-refractivity contribution in [3.63, 3.8) is 0 Å². The molecule has 0 N–H and O–H groups in total. The van der Waals surface area contributed by atoms with Gasteiger partial charge in [-0.1, -0.05) is 18.1 Å². The van der Waals surface area contributed by atoms with E-state index in [-0.39, 0.29) is 11.7 Å². The lowest BCUT2D eigenvalue weighted by molar-refractivity contribution is 0.0786. The van der Waals surface area contributed by atoms with Gasteiger partial charge in [-0.2, -0.15) is 0 Å². The largest absolute Gasteiger partial charge is 0.337 e. The van der Waals surface area contributed by atoms with Crippen molar-refractivity contribution in [3.8, 4) is 18.0 Å². The summed E-state index contributed by atoms with van der Waals surface area (Å²) in [6, 6.07) is 11.7. The topological polar surface area (TPSA) is 50.5 Å². The second kappa shape index (κ2) is 7.51. The molecular formula is C25H21FN4O. The van der Waals surface area contributed by atoms with Crippen LogP contribution in [0.4, 0.5) is 4.39 Å². The van der Waals surface area contributed by atoms with E-state index in [1.807, 2.05) is 34.6 Å². The van der Waals surface area contributed by atoms with Gasteiger partial charge in [0.15, 0.2) is 5.69 Å². The number of likely N-dealkylation sites (tertiary alicyclic amines) is 1. The van der Waals surface area contributed by atoms with Crippen LogP contribution in [0.25, 0.3) is 5.69 Å². The average molecular weight is 412 g/mol. The summed E-state index contributed by atoms with van der Waals surface area (Å²) in [6.07, 6.45) is 9.30. The molecule has 0 saturated carbocycles. The Morgan fingerprint density at radius 3 is 2.68 bits per heavy atom. The molecule has 1 fully saturated rings. The number of terminal acetylenes is 1. The molecule has 3 aromatic rings. The van der Waals surface area contributed by atoms with E-state index in [1.165, 1.54) is 6.07 Å². The number of nitrogens with zero attached hydrogens (tertiary/aromatic N) is 4. The van der Waals surface area contributed by atoms with Crippen LogP contribution >= 0.6 is 0 Å². The second-order valence-electron chi connectivity index (χ2n) is 7.86. The summed E-state index contributed by atoms with van der Waals surface area (Å²) in [5.74, 6) is 2.21. The van der Waals surface area contributed by atoms with Crippen molar-refractivity contribution in [1.82, 2.24) is 14.5 Å². The molecule has 154 valence electrons. The molecule has 1 unspecified atom stereocenters. The van der Waals surface area contributed by atoms with Crippen LogP contribution in [0, 0.1) is 18.2 Å². The highest BCUT2D eigenvalue weighted by Gasteiger charge is 2.31. The molecular weight excluding hydrogens is 391 g/mol. The first-order valence-electron chi connectivity index (χ1n) is 10.4. The quantitative estimate of drug-likeness (QED) is 0.594. The van der Waals surface area contributed by atoms with Gasteiger partial charge in [0.05, 0.1) is 23.1 Å². The maximum absolute atomic E-state index is 14.8. The van der Waals surface area contributed by atoms with E-state index in [2.05, 4.69) is 10.9 Å². The number of imidazole rings is 1. The van der Waals surface area contributed by atoms with Gasteiger partial charge >= 0.3 is 0 Å². The number of carbonyl (C=O) groups excluding carboxylic acids is 1. The van der Waals surface area contributed by atoms with Crippen LogP contribution in [0.1, 0.15) is 58.7 Å². The highest BCUT2D eigenvalue weighted by Crippen LogP contribution is 2.34. The predicted octanol–water partition coefficient (Wildman–Crippen LogP) is 4.14. The molecule has 31 heavy (non-hydrogen) atoms. The average Bonchev–Trinajstić information content (AvgIpc) is 3.45. The van der Waals surface area contributed by atoms with Gasteiger partial charge in [-0.05, 0) is 50.1 Å². The monoisotopic (exact) mass is 412 g/mol. The SMILES string of the molecule is C#Cc1ccc2c(c1)C(c1ccccc1F)=NC(C)c1c(C(=O)N3CCCC3)ncn1-2. The zero-order chi connectivity index (χ0) is 21.5. The highest BCUT2D eigenvalue weighted by atomic mass is 19.1. The Balaban J connectivity index is 1.74. The van der Waals surface area contributed by atoms with Gasteiger partial charge < -0.3 is 4.90 Å². The molecule has 6 heteroatoms. The molecule has 3 heterocycles. The smallest absolute Gasteiger partial charge is 0.274 e. The minimum Gasteiger partial charge on any atom is -0.337 e. The van der Waals surface area contributed by atoms with E-state index in [9.17, 15) is 9.18 Å². The van der Waals surface area contributed by atoms with Gasteiger partial charge in [-0.3, -0.25) is 14.4 Å². The van der Waals surface area contributed by atoms with Crippen LogP contribution < -0.4 is 0 Å². The lowest BCUT2D eigenvalue weighted by Gasteiger charge is -2.16. The van der Waals surface area contributed by atoms with Crippen molar-refractivity contribution in [2.75, 3.05) is 13.1 Å². The Labute approximate surface area is 180 Å². The summed E-state index contributed by atoms with van der Waals surface area (Å²) in [7, 11) is 0. The summed E-state index contributed by atoms with van der Waals surface area (Å²) in [4.78, 5) is 24.4. The first-order valence-corrected chi connectivity index (χ1v) is 10.4. The zero-order valence-electron chi connectivity index (χ0n) is 17.2. The molecule has 1 saturated heterocycles. The normalized spacial score (nSPS) is 17.4. The van der Waals surface area contributed by atoms with Crippen LogP contribution in [0.2, 0.25) is 0 Å². The number of fused-ring (bicyclic) bond motifs is 3. The molecule has 0 spiro atoms. The van der Waals surface area contributed by atoms with Crippen LogP contribution in [-0.2, 0) is 0 Å². The number of aromatic nitrogens is 2. The first-order chi connectivity index (χ1) is 15.1. The fourth-order valence-electron chi connectivity index (χ4n) is 4.40. The maximum Gasteiger partial charge on any atom is 0.274 e. The molecule has 1 amide bonds. The molecule has 0 aliphatic carbocycles. The Bertz CT molecular complexity index is 1260. The van der Waals surface area contributed by atoms with Crippen molar-refractivity contribution in [1.29, 1.82) is 0 Å². The number of rotatable bonds is 2. The summed E-state index contributed by atoms with van der Waals surface area (Å²) in [6.45, 7) is 3.39. The van der Waals surface area contributed by atoms with Crippen molar-refractivity contribution in [2.45, 2.75) is 25.8 Å². The van der Waals surface area contributed by atoms with Crippen molar-refractivity contribution >= 4 is 11.6 Å². The number of aliphatic imine (C=N–C) groups is 1. The third-order valence-electron chi connectivity index (χ3n) is 5.93. The molecule has 0 radical (unpaired) electrons. The molecule has 2 aliphatic heterocycles. The number of carbonyl (C=O) groups is 1. The van der Waals surface area contributed by atoms with E-state index in [0.29, 0.717) is 33.8 Å². The Hall–Kier alpha value is -3.72. The van der Waals surface area contributed by atoms with Crippen LogP contribution in [0.15, 0.2) is 53.8 Å². The van der Waals surface area contributed by atoms with Gasteiger partial charge in [0.25, 0.3) is 5.91 Å². The minimum absolute atomic E-state index is 0.0792. The molecule has 0 bridgehead atoms. The third kappa shape index (κ3) is 3.14. The minimum atomic E-state index is -0.402. The fourth-order valence-corrected chi connectivity index (χ4v) is 4.40. The molecule has 5 rings (SSSR count). The number of amides is 1. The number of benzene rings is 2. The highest BCUT2D eigenvalue weighted by molar-refractivity contribution is 6.15. The summed E-state index contributed by atoms with van der Waals surface area (Å²) in [5.41, 5.74) is 4.18. The van der Waals surface area contributed by atoms with Gasteiger partial charge in [0.1, 0.15) is 12.1 Å². The summed E-state index contributed by atoms with van der Waals surface area (Å²) in [5, 5.41) is 0. The van der Waals surface area contributed by atoms with E-state index in [0.717, 1.165) is 31.6 Å².